The fourth-order valence-electron chi connectivity index (χ4n) is 2.56. The summed E-state index contributed by atoms with van der Waals surface area (Å²) in [6.45, 7) is 6.73. The Balaban J connectivity index is 0.00000180. The number of hydrogen-bond acceptors (Lipinski definition) is 3. The fraction of sp³-hybridized carbons (Fsp3) is 0.692. The lowest BCUT2D eigenvalue weighted by Crippen LogP contribution is -2.42. The number of hydrogen-bond donors (Lipinski definition) is 1. The maximum Gasteiger partial charge on any atom is 0.257 e. The van der Waals surface area contributed by atoms with E-state index in [0.29, 0.717) is 6.04 Å². The molecule has 1 saturated heterocycles. The molecule has 1 amide bonds. The third-order valence-electron chi connectivity index (χ3n) is 3.44. The van der Waals surface area contributed by atoms with E-state index in [1.165, 1.54) is 0 Å². The van der Waals surface area contributed by atoms with E-state index < -0.39 is 0 Å². The number of carbonyl (C=O) groups excluding carboxylic acids is 1. The lowest BCUT2D eigenvalue weighted by atomic mass is 10.1. The van der Waals surface area contributed by atoms with Gasteiger partial charge in [0, 0.05) is 32.4 Å². The van der Waals surface area contributed by atoms with Gasteiger partial charge in [0.25, 0.3) is 5.91 Å². The van der Waals surface area contributed by atoms with E-state index in [2.05, 4.69) is 17.3 Å². The van der Waals surface area contributed by atoms with Gasteiger partial charge in [0.05, 0.1) is 11.3 Å². The van der Waals surface area contributed by atoms with Crippen LogP contribution in [0.2, 0.25) is 0 Å². The molecule has 1 N–H and O–H groups in total. The van der Waals surface area contributed by atoms with Crippen LogP contribution in [0.25, 0.3) is 0 Å². The van der Waals surface area contributed by atoms with E-state index >= 15 is 0 Å². The van der Waals surface area contributed by atoms with E-state index in [0.717, 1.165) is 43.7 Å². The van der Waals surface area contributed by atoms with Crippen LogP contribution >= 0.6 is 12.4 Å². The van der Waals surface area contributed by atoms with E-state index in [1.807, 2.05) is 25.1 Å². The van der Waals surface area contributed by atoms with Crippen LogP contribution in [0, 0.1) is 6.92 Å². The van der Waals surface area contributed by atoms with Crippen LogP contribution in [0.15, 0.2) is 6.20 Å². The Morgan fingerprint density at radius 2 is 2.37 bits per heavy atom. The molecular formula is C13H23ClN4O. The second-order valence-corrected chi connectivity index (χ2v) is 4.95. The van der Waals surface area contributed by atoms with Crippen molar-refractivity contribution in [2.75, 3.05) is 19.6 Å². The highest BCUT2D eigenvalue weighted by Gasteiger charge is 2.28. The standard InChI is InChI=1S/C13H22N4O.ClH/c1-4-7-17(11-5-6-14-8-11)13(18)12-9-16(3)15-10(12)2;/h9,11,14H,4-8H2,1-3H3;1H. The molecule has 19 heavy (non-hydrogen) atoms. The van der Waals surface area contributed by atoms with E-state index in [-0.39, 0.29) is 18.3 Å². The third-order valence-corrected chi connectivity index (χ3v) is 3.44. The first kappa shape index (κ1) is 16.0. The van der Waals surface area contributed by atoms with Crippen molar-refractivity contribution in [3.05, 3.63) is 17.5 Å². The van der Waals surface area contributed by atoms with Gasteiger partial charge in [-0.3, -0.25) is 9.48 Å². The van der Waals surface area contributed by atoms with E-state index in [1.54, 1.807) is 4.68 Å². The number of aromatic nitrogens is 2. The van der Waals surface area contributed by atoms with Gasteiger partial charge in [0.15, 0.2) is 0 Å². The maximum absolute atomic E-state index is 12.6. The van der Waals surface area contributed by atoms with Crippen LogP contribution in [0.4, 0.5) is 0 Å². The molecule has 1 aromatic heterocycles. The summed E-state index contributed by atoms with van der Waals surface area (Å²) in [5, 5.41) is 7.58. The predicted molar refractivity (Wildman–Crippen MR) is 77.8 cm³/mol. The van der Waals surface area contributed by atoms with Gasteiger partial charge in [-0.1, -0.05) is 6.92 Å². The topological polar surface area (TPSA) is 50.2 Å². The molecule has 1 unspecified atom stereocenters. The van der Waals surface area contributed by atoms with Gasteiger partial charge in [-0.2, -0.15) is 5.10 Å². The van der Waals surface area contributed by atoms with Crippen LogP contribution in [0.5, 0.6) is 0 Å². The van der Waals surface area contributed by atoms with Crippen molar-refractivity contribution < 1.29 is 4.79 Å². The van der Waals surface area contributed by atoms with Crippen molar-refractivity contribution in [1.29, 1.82) is 0 Å². The smallest absolute Gasteiger partial charge is 0.257 e. The Bertz CT molecular complexity index is 426. The summed E-state index contributed by atoms with van der Waals surface area (Å²) in [6, 6.07) is 0.331. The van der Waals surface area contributed by atoms with Crippen molar-refractivity contribution in [2.24, 2.45) is 7.05 Å². The molecule has 6 heteroatoms. The molecule has 5 nitrogen and oxygen atoms in total. The molecule has 108 valence electrons. The summed E-state index contributed by atoms with van der Waals surface area (Å²) in [5.74, 6) is 0.121. The summed E-state index contributed by atoms with van der Waals surface area (Å²) in [4.78, 5) is 14.6. The van der Waals surface area contributed by atoms with Crippen molar-refractivity contribution in [1.82, 2.24) is 20.0 Å². The maximum atomic E-state index is 12.6. The largest absolute Gasteiger partial charge is 0.334 e. The Morgan fingerprint density at radius 3 is 2.84 bits per heavy atom. The zero-order chi connectivity index (χ0) is 13.1. The van der Waals surface area contributed by atoms with E-state index in [4.69, 9.17) is 0 Å². The third kappa shape index (κ3) is 3.48. The molecule has 0 saturated carbocycles. The molecule has 1 atom stereocenters. The molecule has 2 heterocycles. The molecule has 1 aromatic rings. The van der Waals surface area contributed by atoms with Crippen LogP contribution in [-0.4, -0.2) is 46.3 Å². The van der Waals surface area contributed by atoms with Crippen LogP contribution in [-0.2, 0) is 7.05 Å². The van der Waals surface area contributed by atoms with Gasteiger partial charge >= 0.3 is 0 Å². The molecule has 0 radical (unpaired) electrons. The highest BCUT2D eigenvalue weighted by Crippen LogP contribution is 2.15. The van der Waals surface area contributed by atoms with E-state index in [9.17, 15) is 4.79 Å². The van der Waals surface area contributed by atoms with Crippen LogP contribution < -0.4 is 5.32 Å². The minimum atomic E-state index is 0. The van der Waals surface area contributed by atoms with Gasteiger partial charge in [-0.15, -0.1) is 12.4 Å². The summed E-state index contributed by atoms with van der Waals surface area (Å²) in [5.41, 5.74) is 1.55. The first-order chi connectivity index (χ1) is 8.63. The Morgan fingerprint density at radius 1 is 1.63 bits per heavy atom. The van der Waals surface area contributed by atoms with Crippen molar-refractivity contribution >= 4 is 18.3 Å². The number of aryl methyl sites for hydroxylation is 2. The van der Waals surface area contributed by atoms with Gasteiger partial charge in [0.1, 0.15) is 0 Å². The van der Waals surface area contributed by atoms with Gasteiger partial charge in [0.2, 0.25) is 0 Å². The van der Waals surface area contributed by atoms with Crippen molar-refractivity contribution in [2.45, 2.75) is 32.7 Å². The SMILES string of the molecule is CCCN(C(=O)c1cn(C)nc1C)C1CCNC1.Cl. The quantitative estimate of drug-likeness (QED) is 0.909. The number of nitrogens with one attached hydrogen (secondary N) is 1. The highest BCUT2D eigenvalue weighted by molar-refractivity contribution is 5.95. The second kappa shape index (κ2) is 6.91. The first-order valence-electron chi connectivity index (χ1n) is 6.65. The molecule has 0 bridgehead atoms. The summed E-state index contributed by atoms with van der Waals surface area (Å²) >= 11 is 0. The lowest BCUT2D eigenvalue weighted by molar-refractivity contribution is 0.0691. The monoisotopic (exact) mass is 286 g/mol. The number of rotatable bonds is 4. The van der Waals surface area contributed by atoms with Crippen LogP contribution in [0.1, 0.15) is 35.8 Å². The molecule has 0 spiro atoms. The highest BCUT2D eigenvalue weighted by atomic mass is 35.5. The minimum absolute atomic E-state index is 0. The number of halogens is 1. The second-order valence-electron chi connectivity index (χ2n) is 4.95. The van der Waals surface area contributed by atoms with Gasteiger partial charge in [-0.05, 0) is 26.3 Å². The van der Waals surface area contributed by atoms with Gasteiger partial charge in [-0.25, -0.2) is 0 Å². The Kier molecular flexibility index (Phi) is 5.82. The predicted octanol–water partition coefficient (Wildman–Crippen LogP) is 1.36. The summed E-state index contributed by atoms with van der Waals surface area (Å²) < 4.78 is 1.71. The van der Waals surface area contributed by atoms with Gasteiger partial charge < -0.3 is 10.2 Å². The number of amides is 1. The molecule has 0 aromatic carbocycles. The Hall–Kier alpha value is -1.07. The molecule has 1 aliphatic rings. The molecule has 2 rings (SSSR count). The van der Waals surface area contributed by atoms with Crippen molar-refractivity contribution in [3.8, 4) is 0 Å². The molecule has 1 fully saturated rings. The number of nitrogens with zero attached hydrogens (tertiary/aromatic N) is 3. The summed E-state index contributed by atoms with van der Waals surface area (Å²) in [7, 11) is 1.85. The molecule has 1 aliphatic heterocycles. The zero-order valence-electron chi connectivity index (χ0n) is 11.8. The average molecular weight is 287 g/mol. The van der Waals surface area contributed by atoms with Crippen molar-refractivity contribution in [3.63, 3.8) is 0 Å². The molecule has 0 aliphatic carbocycles. The minimum Gasteiger partial charge on any atom is -0.334 e. The zero-order valence-corrected chi connectivity index (χ0v) is 12.7. The normalized spacial score (nSPS) is 18.2. The average Bonchev–Trinajstić information content (AvgIpc) is 2.95. The Labute approximate surface area is 120 Å². The fourth-order valence-corrected chi connectivity index (χ4v) is 2.56. The van der Waals surface area contributed by atoms with Crippen LogP contribution in [0.3, 0.4) is 0 Å². The summed E-state index contributed by atoms with van der Waals surface area (Å²) in [6.07, 6.45) is 3.86. The number of carbonyl (C=O) groups is 1. The lowest BCUT2D eigenvalue weighted by Gasteiger charge is -2.28. The molecular weight excluding hydrogens is 264 g/mol. The first-order valence-corrected chi connectivity index (χ1v) is 6.65.